The molecule has 164 valence electrons. The molecule has 0 aliphatic carbocycles. The summed E-state index contributed by atoms with van der Waals surface area (Å²) in [5, 5.41) is 13.3. The Balaban J connectivity index is 0.00000306. The Morgan fingerprint density at radius 2 is 1.52 bits per heavy atom. The Morgan fingerprint density at radius 3 is 2.27 bits per heavy atom. The smallest absolute Gasteiger partial charge is 0.780 e. The van der Waals surface area contributed by atoms with Gasteiger partial charge in [-0.1, -0.05) is 83.8 Å². The Labute approximate surface area is 224 Å². The molecule has 0 saturated carbocycles. The molecule has 5 nitrogen and oxygen atoms in total. The van der Waals surface area contributed by atoms with Crippen LogP contribution < -0.4 is 39.5 Å². The molecule has 1 aromatic heterocycles. The van der Waals surface area contributed by atoms with Gasteiger partial charge in [-0.2, -0.15) is 0 Å². The summed E-state index contributed by atoms with van der Waals surface area (Å²) in [6.07, 6.45) is 1.72. The fourth-order valence-electron chi connectivity index (χ4n) is 3.27. The third kappa shape index (κ3) is 7.18. The Bertz CT molecular complexity index is 1270. The molecule has 0 spiro atoms. The summed E-state index contributed by atoms with van der Waals surface area (Å²) >= 11 is 2.41. The number of pyridine rings is 1. The van der Waals surface area contributed by atoms with E-state index in [0.29, 0.717) is 5.75 Å². The van der Waals surface area contributed by atoms with E-state index >= 15 is 0 Å². The van der Waals surface area contributed by atoms with Gasteiger partial charge in [0.1, 0.15) is 6.72 Å². The van der Waals surface area contributed by atoms with Crippen molar-refractivity contribution in [1.29, 1.82) is 0 Å². The maximum atomic E-state index is 12.7. The van der Waals surface area contributed by atoms with Crippen LogP contribution in [0.25, 0.3) is 10.9 Å². The molecule has 4 aromatic rings. The fraction of sp³-hybridized carbons (Fsp3) is 0.125. The largest absolute Gasteiger partial charge is 1.00 e. The predicted molar refractivity (Wildman–Crippen MR) is 130 cm³/mol. The molecule has 33 heavy (non-hydrogen) atoms. The Kier molecular flexibility index (Phi) is 10.1. The van der Waals surface area contributed by atoms with E-state index in [9.17, 15) is 14.6 Å². The minimum absolute atomic E-state index is 0. The Morgan fingerprint density at radius 1 is 0.879 bits per heavy atom. The summed E-state index contributed by atoms with van der Waals surface area (Å²) in [5.74, 6) is 0.322. The third-order valence-corrected chi connectivity index (χ3v) is 9.26. The number of nitrogens with zero attached hydrogens (tertiary/aromatic N) is 1. The van der Waals surface area contributed by atoms with Crippen LogP contribution in [0.15, 0.2) is 94.9 Å². The number of fused-ring (bicyclic) bond motifs is 1. The number of hydrogen-bond donors (Lipinski definition) is 2. The molecule has 1 unspecified atom stereocenters. The molecule has 0 saturated heterocycles. The topological polar surface area (TPSA) is 85.3 Å². The molecule has 0 bridgehead atoms. The molecule has 1 heterocycles. The predicted octanol–water partition coefficient (Wildman–Crippen LogP) is 2.37. The van der Waals surface area contributed by atoms with E-state index in [-0.39, 0.29) is 42.7 Å². The van der Waals surface area contributed by atoms with Crippen LogP contribution in [-0.2, 0) is 23.5 Å². The molecule has 0 fully saturated rings. The molecule has 2 N–H and O–H groups in total. The summed E-state index contributed by atoms with van der Waals surface area (Å²) in [6, 6.07) is 25.0. The van der Waals surface area contributed by atoms with E-state index in [4.69, 9.17) is 0 Å². The van der Waals surface area contributed by atoms with E-state index in [1.54, 1.807) is 6.20 Å². The van der Waals surface area contributed by atoms with Crippen LogP contribution in [0.1, 0.15) is 16.7 Å². The maximum Gasteiger partial charge on any atom is 1.00 e. The van der Waals surface area contributed by atoms with Gasteiger partial charge < -0.3 is 14.6 Å². The summed E-state index contributed by atoms with van der Waals surface area (Å²) in [7, 11) is 0. The van der Waals surface area contributed by atoms with Gasteiger partial charge in [-0.25, -0.2) is 0 Å². The van der Waals surface area contributed by atoms with E-state index in [0.717, 1.165) is 48.8 Å². The van der Waals surface area contributed by atoms with Gasteiger partial charge >= 0.3 is 29.6 Å². The molecule has 3 aromatic carbocycles. The molecule has 0 aliphatic rings. The van der Waals surface area contributed by atoms with Gasteiger partial charge in [-0.05, 0) is 34.9 Å². The van der Waals surface area contributed by atoms with E-state index in [1.807, 2.05) is 78.9 Å². The second kappa shape index (κ2) is 12.5. The van der Waals surface area contributed by atoms with Crippen molar-refractivity contribution in [2.24, 2.45) is 0 Å². The van der Waals surface area contributed by atoms with Crippen LogP contribution in [0, 0.1) is 0 Å². The molecule has 4 rings (SSSR count). The molecular formula is C24H22N2NaO3PS2. The van der Waals surface area contributed by atoms with E-state index in [1.165, 1.54) is 11.8 Å². The second-order valence-corrected chi connectivity index (χ2v) is 12.2. The zero-order valence-corrected chi connectivity index (χ0v) is 22.7. The van der Waals surface area contributed by atoms with Crippen LogP contribution in [0.2, 0.25) is 0 Å². The standard InChI is InChI=1S/C24H23N2O3PS2.Na/c27-16-20-8-2-4-13-23(20)32-22-12-3-1-7-19(22)15-26-30(28,29)31-17-21-10-5-9-18-11-6-14-25-24(18)21;/h1-14,27H,15-17H2,(H2,26,28,29);/q;+1/p-1. The number of nitrogens with one attached hydrogen (secondary N) is 1. The average Bonchev–Trinajstić information content (AvgIpc) is 2.82. The fourth-order valence-corrected chi connectivity index (χ4v) is 6.73. The summed E-state index contributed by atoms with van der Waals surface area (Å²) in [5.41, 5.74) is 3.44. The van der Waals surface area contributed by atoms with Crippen molar-refractivity contribution in [3.63, 3.8) is 0 Å². The van der Waals surface area contributed by atoms with Crippen LogP contribution in [0.4, 0.5) is 0 Å². The SMILES string of the molecule is O=P([O-])(NCc1ccccc1Sc1ccccc1CO)SCc1cccc2cccnc12.[Na+]. The Hall–Kier alpha value is -1.12. The normalized spacial score (nSPS) is 12.8. The van der Waals surface area contributed by atoms with Crippen LogP contribution in [-0.4, -0.2) is 10.1 Å². The van der Waals surface area contributed by atoms with Gasteiger partial charge in [0.25, 0.3) is 0 Å². The van der Waals surface area contributed by atoms with Crippen molar-refractivity contribution in [2.45, 2.75) is 28.7 Å². The number of aliphatic hydroxyl groups is 1. The number of rotatable bonds is 9. The average molecular weight is 505 g/mol. The molecule has 9 heteroatoms. The zero-order chi connectivity index (χ0) is 22.4. The zero-order valence-electron chi connectivity index (χ0n) is 18.2. The third-order valence-electron chi connectivity index (χ3n) is 4.90. The minimum Gasteiger partial charge on any atom is -0.780 e. The van der Waals surface area contributed by atoms with Gasteiger partial charge in [0.15, 0.2) is 0 Å². The van der Waals surface area contributed by atoms with Crippen molar-refractivity contribution in [3.8, 4) is 0 Å². The van der Waals surface area contributed by atoms with Crippen molar-refractivity contribution in [3.05, 3.63) is 102 Å². The molecule has 0 radical (unpaired) electrons. The van der Waals surface area contributed by atoms with Crippen molar-refractivity contribution in [2.75, 3.05) is 0 Å². The van der Waals surface area contributed by atoms with E-state index < -0.39 is 6.72 Å². The van der Waals surface area contributed by atoms with Crippen molar-refractivity contribution < 1.29 is 44.1 Å². The molecule has 0 aliphatic heterocycles. The second-order valence-electron chi connectivity index (χ2n) is 7.07. The van der Waals surface area contributed by atoms with Crippen molar-refractivity contribution in [1.82, 2.24) is 10.1 Å². The first-order chi connectivity index (χ1) is 15.6. The van der Waals surface area contributed by atoms with Gasteiger partial charge in [0.2, 0.25) is 0 Å². The van der Waals surface area contributed by atoms with Crippen LogP contribution in [0.5, 0.6) is 0 Å². The molecule has 0 amide bonds. The first-order valence-electron chi connectivity index (χ1n) is 10.0. The molecular weight excluding hydrogens is 482 g/mol. The van der Waals surface area contributed by atoms with Gasteiger partial charge in [-0.15, -0.1) is 0 Å². The van der Waals surface area contributed by atoms with Gasteiger partial charge in [0.05, 0.1) is 12.1 Å². The number of aliphatic hydroxyl groups excluding tert-OH is 1. The maximum absolute atomic E-state index is 12.7. The van der Waals surface area contributed by atoms with Gasteiger partial charge in [0, 0.05) is 33.7 Å². The van der Waals surface area contributed by atoms with Gasteiger partial charge in [-0.3, -0.25) is 10.1 Å². The van der Waals surface area contributed by atoms with E-state index in [2.05, 4.69) is 10.1 Å². The number of aromatic nitrogens is 1. The van der Waals surface area contributed by atoms with Crippen LogP contribution in [0.3, 0.4) is 0 Å². The first-order valence-corrected chi connectivity index (χ1v) is 14.1. The number of para-hydroxylation sites is 1. The van der Waals surface area contributed by atoms with Crippen LogP contribution >= 0.6 is 29.9 Å². The van der Waals surface area contributed by atoms with Crippen molar-refractivity contribution >= 4 is 40.8 Å². The minimum atomic E-state index is -3.88. The number of benzene rings is 3. The summed E-state index contributed by atoms with van der Waals surface area (Å²) in [4.78, 5) is 19.0. The summed E-state index contributed by atoms with van der Waals surface area (Å²) in [6.45, 7) is -3.72. The molecule has 1 atom stereocenters. The summed E-state index contributed by atoms with van der Waals surface area (Å²) < 4.78 is 12.7. The first kappa shape index (κ1) is 26.5. The number of hydrogen-bond acceptors (Lipinski definition) is 6. The quantitative estimate of drug-likeness (QED) is 0.267. The monoisotopic (exact) mass is 504 g/mol.